The number of anilines is 1. The minimum atomic E-state index is -0.649. The summed E-state index contributed by atoms with van der Waals surface area (Å²) in [5, 5.41) is 10.9. The molecule has 0 saturated carbocycles. The lowest BCUT2D eigenvalue weighted by Crippen LogP contribution is -2.31. The second kappa shape index (κ2) is 7.67. The van der Waals surface area contributed by atoms with Gasteiger partial charge in [0.15, 0.2) is 5.13 Å². The highest BCUT2D eigenvalue weighted by Gasteiger charge is 2.16. The number of nitrogens with two attached hydrogens (primary N) is 1. The summed E-state index contributed by atoms with van der Waals surface area (Å²) in [6.45, 7) is 6.32. The molecule has 0 amide bonds. The van der Waals surface area contributed by atoms with Crippen molar-refractivity contribution in [1.82, 2.24) is 9.88 Å². The molecule has 6 heteroatoms. The van der Waals surface area contributed by atoms with Crippen LogP contribution in [0.4, 0.5) is 9.52 Å². The van der Waals surface area contributed by atoms with Crippen LogP contribution in [-0.4, -0.2) is 28.1 Å². The summed E-state index contributed by atoms with van der Waals surface area (Å²) >= 11 is 1.46. The summed E-state index contributed by atoms with van der Waals surface area (Å²) in [6.07, 6.45) is 1.13. The Balaban J connectivity index is 2.03. The molecule has 1 heterocycles. The quantitative estimate of drug-likeness (QED) is 0.822. The van der Waals surface area contributed by atoms with Crippen LogP contribution in [0.1, 0.15) is 30.4 Å². The maximum absolute atomic E-state index is 13.0. The van der Waals surface area contributed by atoms with E-state index in [4.69, 9.17) is 5.73 Å². The van der Waals surface area contributed by atoms with E-state index < -0.39 is 6.10 Å². The largest absolute Gasteiger partial charge is 0.387 e. The molecule has 3 N–H and O–H groups in total. The molecule has 4 nitrogen and oxygen atoms in total. The Morgan fingerprint density at radius 2 is 1.95 bits per heavy atom. The molecule has 0 aliphatic rings. The molecule has 0 fully saturated rings. The highest BCUT2D eigenvalue weighted by molar-refractivity contribution is 7.15. The van der Waals surface area contributed by atoms with Crippen molar-refractivity contribution in [2.24, 2.45) is 5.92 Å². The first-order valence-corrected chi connectivity index (χ1v) is 8.11. The van der Waals surface area contributed by atoms with Gasteiger partial charge in [-0.3, -0.25) is 4.90 Å². The summed E-state index contributed by atoms with van der Waals surface area (Å²) in [5.41, 5.74) is 6.39. The van der Waals surface area contributed by atoms with Crippen molar-refractivity contribution in [3.63, 3.8) is 0 Å². The van der Waals surface area contributed by atoms with Gasteiger partial charge in [0, 0.05) is 30.7 Å². The molecule has 2 aromatic rings. The molecule has 0 spiro atoms. The third-order valence-corrected chi connectivity index (χ3v) is 4.07. The smallest absolute Gasteiger partial charge is 0.180 e. The van der Waals surface area contributed by atoms with Crippen LogP contribution in [0.25, 0.3) is 0 Å². The molecule has 1 aromatic carbocycles. The van der Waals surface area contributed by atoms with E-state index in [9.17, 15) is 9.50 Å². The molecule has 2 rings (SSSR count). The number of rotatable bonds is 7. The van der Waals surface area contributed by atoms with E-state index >= 15 is 0 Å². The van der Waals surface area contributed by atoms with Crippen LogP contribution in [-0.2, 0) is 6.54 Å². The standard InChI is InChI=1S/C16H22FN3OS/c1-11(2)8-20(9-14-7-19-16(18)22-14)10-15(21)12-3-5-13(17)6-4-12/h3-7,11,15,21H,8-10H2,1-2H3,(H2,18,19). The summed E-state index contributed by atoms with van der Waals surface area (Å²) < 4.78 is 13.0. The summed E-state index contributed by atoms with van der Waals surface area (Å²) in [4.78, 5) is 7.31. The summed E-state index contributed by atoms with van der Waals surface area (Å²) in [6, 6.07) is 5.99. The van der Waals surface area contributed by atoms with Crippen LogP contribution >= 0.6 is 11.3 Å². The Labute approximate surface area is 134 Å². The Morgan fingerprint density at radius 3 is 2.50 bits per heavy atom. The van der Waals surface area contributed by atoms with Crippen LogP contribution in [0, 0.1) is 11.7 Å². The van der Waals surface area contributed by atoms with Crippen molar-refractivity contribution in [2.75, 3.05) is 18.8 Å². The number of aliphatic hydroxyl groups is 1. The van der Waals surface area contributed by atoms with E-state index in [1.165, 1.54) is 23.5 Å². The molecule has 120 valence electrons. The number of aromatic nitrogens is 1. The zero-order valence-electron chi connectivity index (χ0n) is 12.9. The number of aliphatic hydroxyl groups excluding tert-OH is 1. The minimum absolute atomic E-state index is 0.296. The predicted octanol–water partition coefficient (Wildman–Crippen LogP) is 3.06. The minimum Gasteiger partial charge on any atom is -0.387 e. The van der Waals surface area contributed by atoms with Gasteiger partial charge in [-0.05, 0) is 23.6 Å². The van der Waals surface area contributed by atoms with Gasteiger partial charge in [0.05, 0.1) is 6.10 Å². The van der Waals surface area contributed by atoms with E-state index in [0.717, 1.165) is 17.0 Å². The molecule has 1 unspecified atom stereocenters. The van der Waals surface area contributed by atoms with Crippen LogP contribution in [0.5, 0.6) is 0 Å². The third kappa shape index (κ3) is 5.05. The van der Waals surface area contributed by atoms with Crippen molar-refractivity contribution in [2.45, 2.75) is 26.5 Å². The fourth-order valence-corrected chi connectivity index (χ4v) is 3.10. The maximum Gasteiger partial charge on any atom is 0.180 e. The fraction of sp³-hybridized carbons (Fsp3) is 0.438. The number of nitrogens with zero attached hydrogens (tertiary/aromatic N) is 2. The van der Waals surface area contributed by atoms with Gasteiger partial charge in [-0.1, -0.05) is 26.0 Å². The zero-order chi connectivity index (χ0) is 16.1. The van der Waals surface area contributed by atoms with Gasteiger partial charge in [-0.2, -0.15) is 0 Å². The monoisotopic (exact) mass is 323 g/mol. The topological polar surface area (TPSA) is 62.4 Å². The molecule has 1 aromatic heterocycles. The van der Waals surface area contributed by atoms with Crippen molar-refractivity contribution in [3.8, 4) is 0 Å². The summed E-state index contributed by atoms with van der Waals surface area (Å²) in [7, 11) is 0. The van der Waals surface area contributed by atoms with E-state index in [1.54, 1.807) is 18.3 Å². The Bertz CT molecular complexity index is 585. The van der Waals surface area contributed by atoms with Crippen LogP contribution in [0.15, 0.2) is 30.5 Å². The van der Waals surface area contributed by atoms with Gasteiger partial charge >= 0.3 is 0 Å². The first kappa shape index (κ1) is 16.9. The number of benzene rings is 1. The molecule has 0 saturated heterocycles. The molecular weight excluding hydrogens is 301 g/mol. The Hall–Kier alpha value is -1.50. The van der Waals surface area contributed by atoms with Crippen molar-refractivity contribution in [3.05, 3.63) is 46.7 Å². The molecule has 0 bridgehead atoms. The van der Waals surface area contributed by atoms with Crippen molar-refractivity contribution in [1.29, 1.82) is 0 Å². The van der Waals surface area contributed by atoms with E-state index in [0.29, 0.717) is 24.1 Å². The molecule has 1 atom stereocenters. The van der Waals surface area contributed by atoms with Gasteiger partial charge in [0.25, 0.3) is 0 Å². The lowest BCUT2D eigenvalue weighted by Gasteiger charge is -2.26. The Kier molecular flexibility index (Phi) is 5.88. The molecule has 0 aliphatic carbocycles. The van der Waals surface area contributed by atoms with E-state index in [2.05, 4.69) is 23.7 Å². The number of halogens is 1. The predicted molar refractivity (Wildman–Crippen MR) is 88.0 cm³/mol. The maximum atomic E-state index is 13.0. The highest BCUT2D eigenvalue weighted by Crippen LogP contribution is 2.20. The van der Waals surface area contributed by atoms with Crippen LogP contribution in [0.2, 0.25) is 0 Å². The molecule has 22 heavy (non-hydrogen) atoms. The average Bonchev–Trinajstić information content (AvgIpc) is 2.84. The van der Waals surface area contributed by atoms with Crippen molar-refractivity contribution < 1.29 is 9.50 Å². The molecule has 0 radical (unpaired) electrons. The van der Waals surface area contributed by atoms with E-state index in [1.807, 2.05) is 0 Å². The van der Waals surface area contributed by atoms with Crippen LogP contribution in [0.3, 0.4) is 0 Å². The van der Waals surface area contributed by atoms with Crippen LogP contribution < -0.4 is 5.73 Å². The number of thiazole rings is 1. The first-order valence-electron chi connectivity index (χ1n) is 7.30. The number of hydrogen-bond acceptors (Lipinski definition) is 5. The SMILES string of the molecule is CC(C)CN(Cc1cnc(N)s1)CC(O)c1ccc(F)cc1. The summed E-state index contributed by atoms with van der Waals surface area (Å²) in [5.74, 6) is 0.181. The van der Waals surface area contributed by atoms with Gasteiger partial charge in [-0.15, -0.1) is 11.3 Å². The molecular formula is C16H22FN3OS. The van der Waals surface area contributed by atoms with Gasteiger partial charge in [0.2, 0.25) is 0 Å². The lowest BCUT2D eigenvalue weighted by molar-refractivity contribution is 0.102. The van der Waals surface area contributed by atoms with Gasteiger partial charge in [0.1, 0.15) is 5.82 Å². The third-order valence-electron chi connectivity index (χ3n) is 3.26. The van der Waals surface area contributed by atoms with Crippen molar-refractivity contribution >= 4 is 16.5 Å². The first-order chi connectivity index (χ1) is 10.4. The second-order valence-electron chi connectivity index (χ2n) is 5.82. The zero-order valence-corrected chi connectivity index (χ0v) is 13.7. The highest BCUT2D eigenvalue weighted by atomic mass is 32.1. The average molecular weight is 323 g/mol. The van der Waals surface area contributed by atoms with Gasteiger partial charge in [-0.25, -0.2) is 9.37 Å². The van der Waals surface area contributed by atoms with Gasteiger partial charge < -0.3 is 10.8 Å². The number of hydrogen-bond donors (Lipinski definition) is 2. The molecule has 0 aliphatic heterocycles. The van der Waals surface area contributed by atoms with E-state index in [-0.39, 0.29) is 5.82 Å². The fourth-order valence-electron chi connectivity index (χ4n) is 2.37. The lowest BCUT2D eigenvalue weighted by atomic mass is 10.1. The second-order valence-corrected chi connectivity index (χ2v) is 6.97. The Morgan fingerprint density at radius 1 is 1.27 bits per heavy atom. The normalized spacial score (nSPS) is 13.0. The number of nitrogen functional groups attached to an aromatic ring is 1.